The summed E-state index contributed by atoms with van der Waals surface area (Å²) in [5.41, 5.74) is 3.63. The lowest BCUT2D eigenvalue weighted by atomic mass is 10.1. The molecule has 0 radical (unpaired) electrons. The van der Waals surface area contributed by atoms with Crippen LogP contribution in [0.5, 0.6) is 0 Å². The molecule has 1 aliphatic carbocycles. The van der Waals surface area contributed by atoms with Crippen molar-refractivity contribution in [1.29, 1.82) is 0 Å². The number of aromatic amines is 1. The molecule has 122 valence electrons. The highest BCUT2D eigenvalue weighted by Crippen LogP contribution is 2.26. The van der Waals surface area contributed by atoms with E-state index in [9.17, 15) is 4.79 Å². The molecule has 4 rings (SSSR count). The van der Waals surface area contributed by atoms with Gasteiger partial charge in [-0.05, 0) is 54.0 Å². The fraction of sp³-hybridized carbons (Fsp3) is 0.235. The number of aryl methyl sites for hydroxylation is 2. The molecule has 2 heterocycles. The molecule has 0 atom stereocenters. The standard InChI is InChI=1S/C17H16N4OS2/c22-15(18-13-7-6-11-3-1-4-12(11)9-13)10-24-17-19-16(20-21-17)14-5-2-8-23-14/h2,5-9H,1,3-4,10H2,(H,18,22)(H,19,20,21). The Labute approximate surface area is 147 Å². The van der Waals surface area contributed by atoms with Crippen LogP contribution in [0.3, 0.4) is 0 Å². The van der Waals surface area contributed by atoms with Crippen LogP contribution in [-0.2, 0) is 17.6 Å². The number of carbonyl (C=O) groups is 1. The van der Waals surface area contributed by atoms with Gasteiger partial charge in [-0.3, -0.25) is 9.89 Å². The summed E-state index contributed by atoms with van der Waals surface area (Å²) in [6, 6.07) is 10.1. The molecule has 7 heteroatoms. The molecule has 0 saturated carbocycles. The van der Waals surface area contributed by atoms with Crippen molar-refractivity contribution in [3.63, 3.8) is 0 Å². The normalized spacial score (nSPS) is 13.0. The second kappa shape index (κ2) is 6.78. The first kappa shape index (κ1) is 15.4. The predicted octanol–water partition coefficient (Wildman–Crippen LogP) is 3.75. The lowest BCUT2D eigenvalue weighted by Gasteiger charge is -2.06. The number of fused-ring (bicyclic) bond motifs is 1. The molecule has 1 aliphatic rings. The average Bonchev–Trinajstić information content (AvgIpc) is 3.32. The third-order valence-corrected chi connectivity index (χ3v) is 5.66. The maximum absolute atomic E-state index is 12.1. The fourth-order valence-corrected chi connectivity index (χ4v) is 4.07. The Morgan fingerprint density at radius 2 is 2.21 bits per heavy atom. The topological polar surface area (TPSA) is 70.7 Å². The van der Waals surface area contributed by atoms with Crippen LogP contribution in [0, 0.1) is 0 Å². The Kier molecular flexibility index (Phi) is 4.36. The fourth-order valence-electron chi connectivity index (χ4n) is 2.81. The number of carbonyl (C=O) groups excluding carboxylic acids is 1. The van der Waals surface area contributed by atoms with Gasteiger partial charge in [0.25, 0.3) is 0 Å². The van der Waals surface area contributed by atoms with Crippen molar-refractivity contribution in [1.82, 2.24) is 15.2 Å². The molecule has 0 saturated heterocycles. The van der Waals surface area contributed by atoms with E-state index in [2.05, 4.69) is 32.6 Å². The van der Waals surface area contributed by atoms with Crippen molar-refractivity contribution in [2.45, 2.75) is 24.4 Å². The molecule has 5 nitrogen and oxygen atoms in total. The van der Waals surface area contributed by atoms with Crippen LogP contribution < -0.4 is 5.32 Å². The summed E-state index contributed by atoms with van der Waals surface area (Å²) in [6.07, 6.45) is 3.47. The maximum Gasteiger partial charge on any atom is 0.234 e. The number of H-pyrrole nitrogens is 1. The van der Waals surface area contributed by atoms with E-state index >= 15 is 0 Å². The van der Waals surface area contributed by atoms with Crippen LogP contribution >= 0.6 is 23.1 Å². The summed E-state index contributed by atoms with van der Waals surface area (Å²) in [5, 5.41) is 12.6. The van der Waals surface area contributed by atoms with Crippen LogP contribution in [0.4, 0.5) is 5.69 Å². The van der Waals surface area contributed by atoms with E-state index in [4.69, 9.17) is 0 Å². The molecule has 0 fully saturated rings. The molecule has 0 spiro atoms. The number of amides is 1. The third kappa shape index (κ3) is 3.37. The molecular formula is C17H16N4OS2. The molecule has 0 aliphatic heterocycles. The van der Waals surface area contributed by atoms with Gasteiger partial charge in [0.15, 0.2) is 5.82 Å². The van der Waals surface area contributed by atoms with Gasteiger partial charge in [-0.15, -0.1) is 16.4 Å². The van der Waals surface area contributed by atoms with Crippen molar-refractivity contribution in [3.05, 3.63) is 46.8 Å². The van der Waals surface area contributed by atoms with Gasteiger partial charge in [0.05, 0.1) is 10.6 Å². The number of nitrogens with one attached hydrogen (secondary N) is 2. The molecule has 2 aromatic heterocycles. The number of rotatable bonds is 5. The summed E-state index contributed by atoms with van der Waals surface area (Å²) in [4.78, 5) is 17.6. The number of anilines is 1. The van der Waals surface area contributed by atoms with E-state index in [1.165, 1.54) is 29.3 Å². The van der Waals surface area contributed by atoms with Gasteiger partial charge < -0.3 is 5.32 Å². The largest absolute Gasteiger partial charge is 0.325 e. The quantitative estimate of drug-likeness (QED) is 0.683. The van der Waals surface area contributed by atoms with Gasteiger partial charge in [-0.2, -0.15) is 0 Å². The Morgan fingerprint density at radius 1 is 1.29 bits per heavy atom. The molecule has 2 N–H and O–H groups in total. The Hall–Kier alpha value is -2.12. The van der Waals surface area contributed by atoms with E-state index < -0.39 is 0 Å². The molecule has 1 amide bonds. The minimum Gasteiger partial charge on any atom is -0.325 e. The highest BCUT2D eigenvalue weighted by Gasteiger charge is 2.13. The number of aromatic nitrogens is 3. The van der Waals surface area contributed by atoms with E-state index in [0.29, 0.717) is 10.9 Å². The van der Waals surface area contributed by atoms with Crippen molar-refractivity contribution < 1.29 is 4.79 Å². The minimum absolute atomic E-state index is 0.0413. The van der Waals surface area contributed by atoms with Gasteiger partial charge >= 0.3 is 0 Å². The lowest BCUT2D eigenvalue weighted by molar-refractivity contribution is -0.113. The predicted molar refractivity (Wildman–Crippen MR) is 97.5 cm³/mol. The molecule has 3 aromatic rings. The van der Waals surface area contributed by atoms with Gasteiger partial charge in [0, 0.05) is 5.69 Å². The third-order valence-electron chi connectivity index (χ3n) is 3.93. The monoisotopic (exact) mass is 356 g/mol. The summed E-state index contributed by atoms with van der Waals surface area (Å²) in [5.74, 6) is 0.991. The van der Waals surface area contributed by atoms with Crippen molar-refractivity contribution in [2.75, 3.05) is 11.1 Å². The van der Waals surface area contributed by atoms with Gasteiger partial charge in [-0.1, -0.05) is 23.9 Å². The summed E-state index contributed by atoms with van der Waals surface area (Å²) >= 11 is 2.93. The Balaban J connectivity index is 1.33. The Morgan fingerprint density at radius 3 is 3.08 bits per heavy atom. The first-order valence-electron chi connectivity index (χ1n) is 7.79. The molecule has 24 heavy (non-hydrogen) atoms. The van der Waals surface area contributed by atoms with E-state index in [1.807, 2.05) is 23.6 Å². The van der Waals surface area contributed by atoms with Gasteiger partial charge in [-0.25, -0.2) is 4.98 Å². The number of thioether (sulfide) groups is 1. The zero-order valence-electron chi connectivity index (χ0n) is 12.9. The second-order valence-electron chi connectivity index (χ2n) is 5.62. The van der Waals surface area contributed by atoms with Crippen LogP contribution in [0.2, 0.25) is 0 Å². The summed E-state index contributed by atoms with van der Waals surface area (Å²) in [6.45, 7) is 0. The van der Waals surface area contributed by atoms with Gasteiger partial charge in [0.1, 0.15) is 0 Å². The van der Waals surface area contributed by atoms with E-state index in [1.54, 1.807) is 11.3 Å². The van der Waals surface area contributed by atoms with E-state index in [0.717, 1.165) is 29.2 Å². The zero-order valence-corrected chi connectivity index (χ0v) is 14.5. The van der Waals surface area contributed by atoms with Crippen LogP contribution in [0.15, 0.2) is 40.9 Å². The number of hydrogen-bond donors (Lipinski definition) is 2. The second-order valence-corrected chi connectivity index (χ2v) is 7.51. The summed E-state index contributed by atoms with van der Waals surface area (Å²) < 4.78 is 0. The van der Waals surface area contributed by atoms with Crippen LogP contribution in [0.1, 0.15) is 17.5 Å². The SMILES string of the molecule is O=C(CSc1n[nH]c(-c2cccs2)n1)Nc1ccc2c(c1)CCC2. The molecule has 0 bridgehead atoms. The highest BCUT2D eigenvalue weighted by atomic mass is 32.2. The molecule has 1 aromatic carbocycles. The minimum atomic E-state index is -0.0413. The number of benzene rings is 1. The number of thiophene rings is 1. The highest BCUT2D eigenvalue weighted by molar-refractivity contribution is 7.99. The molecular weight excluding hydrogens is 340 g/mol. The van der Waals surface area contributed by atoms with Gasteiger partial charge in [0.2, 0.25) is 11.1 Å². The van der Waals surface area contributed by atoms with E-state index in [-0.39, 0.29) is 5.91 Å². The average molecular weight is 356 g/mol. The zero-order chi connectivity index (χ0) is 16.4. The van der Waals surface area contributed by atoms with Crippen LogP contribution in [-0.4, -0.2) is 26.8 Å². The number of hydrogen-bond acceptors (Lipinski definition) is 5. The van der Waals surface area contributed by atoms with Crippen LogP contribution in [0.25, 0.3) is 10.7 Å². The first-order chi connectivity index (χ1) is 11.8. The first-order valence-corrected chi connectivity index (χ1v) is 9.65. The lowest BCUT2D eigenvalue weighted by Crippen LogP contribution is -2.14. The van der Waals surface area contributed by atoms with Crippen molar-refractivity contribution >= 4 is 34.7 Å². The van der Waals surface area contributed by atoms with Crippen molar-refractivity contribution in [2.24, 2.45) is 0 Å². The summed E-state index contributed by atoms with van der Waals surface area (Å²) in [7, 11) is 0. The van der Waals surface area contributed by atoms with Crippen molar-refractivity contribution in [3.8, 4) is 10.7 Å². The maximum atomic E-state index is 12.1. The smallest absolute Gasteiger partial charge is 0.234 e. The Bertz CT molecular complexity index is 857. The number of nitrogens with zero attached hydrogens (tertiary/aromatic N) is 2. The molecule has 0 unspecified atom stereocenters.